The lowest BCUT2D eigenvalue weighted by Gasteiger charge is -2.48. The number of nitrogens with two attached hydrogens (primary N) is 3. The summed E-state index contributed by atoms with van der Waals surface area (Å²) in [6, 6.07) is 16.7. The van der Waals surface area contributed by atoms with E-state index < -0.39 is 173 Å². The molecule has 3 amide bonds. The average Bonchev–Trinajstić information content (AvgIpc) is 1.17. The highest BCUT2D eigenvalue weighted by Crippen LogP contribution is 2.48. The Morgan fingerprint density at radius 1 is 0.718 bits per heavy atom. The minimum absolute atomic E-state index is 0.0602. The van der Waals surface area contributed by atoms with E-state index in [1.807, 2.05) is 20.8 Å². The van der Waals surface area contributed by atoms with Gasteiger partial charge in [-0.1, -0.05) is 142 Å². The van der Waals surface area contributed by atoms with Crippen LogP contribution in [0.15, 0.2) is 85.1 Å². The van der Waals surface area contributed by atoms with Crippen molar-refractivity contribution in [2.75, 3.05) is 6.54 Å². The first-order chi connectivity index (χ1) is 39.9. The molecule has 1 aromatic heterocycles. The van der Waals surface area contributed by atoms with Gasteiger partial charge in [0.15, 0.2) is 29.6 Å². The Morgan fingerprint density at radius 2 is 1.25 bits per heavy atom. The molecule has 20 heteroatoms. The van der Waals surface area contributed by atoms with E-state index in [9.17, 15) is 39.0 Å². The van der Waals surface area contributed by atoms with Crippen LogP contribution in [-0.2, 0) is 70.3 Å². The first-order valence-corrected chi connectivity index (χ1v) is 29.8. The molecule has 15 atom stereocenters. The van der Waals surface area contributed by atoms with Crippen molar-refractivity contribution in [3.8, 4) is 0 Å². The van der Waals surface area contributed by atoms with E-state index in [1.54, 1.807) is 100 Å². The first kappa shape index (κ1) is 69.1. The van der Waals surface area contributed by atoms with Crippen molar-refractivity contribution in [3.63, 3.8) is 0 Å². The molecule has 2 fully saturated rings. The normalized spacial score (nSPS) is 24.1. The first-order valence-electron chi connectivity index (χ1n) is 29.8. The van der Waals surface area contributed by atoms with Gasteiger partial charge in [0, 0.05) is 36.7 Å². The summed E-state index contributed by atoms with van der Waals surface area (Å²) in [5.41, 5.74) is 16.2. The van der Waals surface area contributed by atoms with Crippen molar-refractivity contribution < 1.29 is 67.6 Å². The molecule has 20 nitrogen and oxygen atoms in total. The van der Waals surface area contributed by atoms with Gasteiger partial charge in [-0.05, 0) is 79.0 Å². The van der Waals surface area contributed by atoms with Gasteiger partial charge in [-0.3, -0.25) is 57.8 Å². The number of pyridine rings is 1. The quantitative estimate of drug-likeness (QED) is 0.0414. The number of carbonyl (C=O) groups is 10. The maximum Gasteiger partial charge on any atom is 0.310 e. The molecule has 0 radical (unpaired) electrons. The Hall–Kier alpha value is -6.71. The molecule has 3 aromatic rings. The highest BCUT2D eigenvalue weighted by Gasteiger charge is 2.65. The van der Waals surface area contributed by atoms with E-state index in [1.165, 1.54) is 40.0 Å². The van der Waals surface area contributed by atoms with Crippen LogP contribution in [-0.4, -0.2) is 128 Å². The summed E-state index contributed by atoms with van der Waals surface area (Å²) in [7, 11) is 0. The number of esters is 2. The molecule has 2 saturated carbocycles. The Kier molecular flexibility index (Phi) is 24.4. The Bertz CT molecular complexity index is 2850. The molecule has 0 spiro atoms. The number of ether oxygens (including phenoxy) is 2. The van der Waals surface area contributed by atoms with Crippen LogP contribution in [0.4, 0.5) is 0 Å². The monoisotopic (exact) mass is 1180 g/mol. The zero-order chi connectivity index (χ0) is 63.4. The van der Waals surface area contributed by atoms with E-state index >= 15 is 19.2 Å². The molecule has 2 aromatic carbocycles. The molecule has 1 heterocycles. The fourth-order valence-corrected chi connectivity index (χ4v) is 12.0. The summed E-state index contributed by atoms with van der Waals surface area (Å²) in [5.74, 6) is -16.2. The van der Waals surface area contributed by atoms with Gasteiger partial charge >= 0.3 is 11.9 Å². The van der Waals surface area contributed by atoms with Gasteiger partial charge in [0.1, 0.15) is 28.4 Å². The van der Waals surface area contributed by atoms with Crippen LogP contribution < -0.4 is 22.5 Å². The minimum atomic E-state index is -2.60. The van der Waals surface area contributed by atoms with Crippen LogP contribution in [0.1, 0.15) is 138 Å². The smallest absolute Gasteiger partial charge is 0.310 e. The Balaban J connectivity index is 1.57. The topological polar surface area (TPSA) is 336 Å². The van der Waals surface area contributed by atoms with Crippen LogP contribution in [0.5, 0.6) is 0 Å². The predicted molar refractivity (Wildman–Crippen MR) is 316 cm³/mol. The molecule has 5 rings (SSSR count). The lowest BCUT2D eigenvalue weighted by molar-refractivity contribution is -0.180. The fraction of sp³-hybridized carbons (Fsp3) is 0.585. The number of carbonyl (C=O) groups excluding carboxylic acids is 10. The maximum atomic E-state index is 15.6. The van der Waals surface area contributed by atoms with E-state index in [2.05, 4.69) is 10.3 Å². The number of ketones is 5. The third-order valence-electron chi connectivity index (χ3n) is 17.6. The van der Waals surface area contributed by atoms with E-state index in [0.717, 1.165) is 4.90 Å². The van der Waals surface area contributed by atoms with Gasteiger partial charge in [-0.2, -0.15) is 0 Å². The molecule has 8 unspecified atom stereocenters. The summed E-state index contributed by atoms with van der Waals surface area (Å²) in [6.45, 7) is 17.5. The van der Waals surface area contributed by atoms with Gasteiger partial charge < -0.3 is 42.2 Å². The molecule has 0 aliphatic heterocycles. The number of aliphatic hydroxyl groups is 2. The zero-order valence-electron chi connectivity index (χ0n) is 51.1. The van der Waals surface area contributed by atoms with Gasteiger partial charge in [-0.15, -0.1) is 0 Å². The number of nitrogens with one attached hydrogen (secondary N) is 1. The number of benzene rings is 2. The second kappa shape index (κ2) is 30.1. The second-order valence-corrected chi connectivity index (χ2v) is 24.9. The summed E-state index contributed by atoms with van der Waals surface area (Å²) < 4.78 is 11.4. The molecule has 85 heavy (non-hydrogen) atoms. The van der Waals surface area contributed by atoms with Crippen molar-refractivity contribution in [2.24, 2.45) is 75.4 Å². The highest BCUT2D eigenvalue weighted by atomic mass is 16.6. The number of aromatic nitrogens is 1. The van der Waals surface area contributed by atoms with Crippen LogP contribution in [0, 0.1) is 58.2 Å². The second-order valence-electron chi connectivity index (χ2n) is 24.9. The van der Waals surface area contributed by atoms with Crippen LogP contribution in [0.3, 0.4) is 0 Å². The lowest BCUT2D eigenvalue weighted by atomic mass is 9.55. The third kappa shape index (κ3) is 16.0. The van der Waals surface area contributed by atoms with Crippen LogP contribution in [0.2, 0.25) is 0 Å². The maximum absolute atomic E-state index is 15.6. The summed E-state index contributed by atoms with van der Waals surface area (Å²) in [5, 5.41) is 26.8. The zero-order valence-corrected chi connectivity index (χ0v) is 51.1. The standard InChI is InChI=1S/C65H90N6O14/c1-12-39(9)55(68)58(78)56(46-25-19-20-26-69-46)70-62(82)65(37(6)7)54(49(74)33-51(60(65)80)85-53(76)30-42-23-17-14-18-24-42)57(77)45(67)28-38(8)34-71(61(81)43(36(4)5)31-48(73)44(66)27-35(2)3)63(83)64(11)40(10)47(72)32-50(59(64)79)84-52(75)29-41-21-15-13-16-22-41/h13-26,35-40,43-45,48,50-51,54-57,73,77H,12,27-34,66-68H2,1-11H3,(H,70,82)/t38?,39-,40?,43?,44-,45?,48-,50-,51-,54?,55-,56?,57?,64-,65?/m0/s1. The van der Waals surface area contributed by atoms with E-state index in [-0.39, 0.29) is 43.2 Å². The number of rotatable bonds is 28. The van der Waals surface area contributed by atoms with Crippen molar-refractivity contribution >= 4 is 58.6 Å². The Labute approximate surface area is 499 Å². The molecule has 2 aliphatic rings. The SMILES string of the molecule is CC[C@H](C)[C@H](N)C(=O)C(NC(=O)C1(C(C)C)C(=O)[C@@H](OC(=O)Cc2ccccc2)CC(=O)C1C(O)C(N)CC(C)CN(C(=O)C(C[C@H](O)[C@@H](N)CC(C)C)C(C)C)C(=O)[C@]1(C)C(=O)[C@@H](OC(=O)Cc2ccccc2)CC(=O)C1C)c1ccccn1. The van der Waals surface area contributed by atoms with Crippen LogP contribution >= 0.6 is 0 Å². The molecule has 2 aliphatic carbocycles. The minimum Gasteiger partial charge on any atom is -0.454 e. The van der Waals surface area contributed by atoms with Gasteiger partial charge in [0.2, 0.25) is 17.7 Å². The molecular formula is C65H90N6O14. The fourth-order valence-electron chi connectivity index (χ4n) is 12.0. The Morgan fingerprint density at radius 3 is 1.74 bits per heavy atom. The molecule has 464 valence electrons. The van der Waals surface area contributed by atoms with Crippen molar-refractivity contribution in [1.82, 2.24) is 15.2 Å². The molecule has 0 saturated heterocycles. The van der Waals surface area contributed by atoms with E-state index in [4.69, 9.17) is 26.7 Å². The number of hydrogen-bond donors (Lipinski definition) is 6. The van der Waals surface area contributed by atoms with Crippen molar-refractivity contribution in [1.29, 1.82) is 0 Å². The van der Waals surface area contributed by atoms with Gasteiger partial charge in [0.25, 0.3) is 0 Å². The number of aliphatic hydroxyl groups excluding tert-OH is 2. The lowest BCUT2D eigenvalue weighted by Crippen LogP contribution is -2.68. The predicted octanol–water partition coefficient (Wildman–Crippen LogP) is 4.94. The summed E-state index contributed by atoms with van der Waals surface area (Å²) in [6.07, 6.45) is -6.84. The number of imide groups is 1. The van der Waals surface area contributed by atoms with Crippen LogP contribution in [0.25, 0.3) is 0 Å². The number of Topliss-reactive ketones (excluding diaryl/α,β-unsaturated/α-hetero) is 5. The van der Waals surface area contributed by atoms with Crippen molar-refractivity contribution in [2.45, 2.75) is 176 Å². The van der Waals surface area contributed by atoms with E-state index in [0.29, 0.717) is 24.0 Å². The van der Waals surface area contributed by atoms with Gasteiger partial charge in [0.05, 0.1) is 55.5 Å². The number of amides is 3. The number of hydrogen-bond acceptors (Lipinski definition) is 18. The molecule has 0 bridgehead atoms. The summed E-state index contributed by atoms with van der Waals surface area (Å²) in [4.78, 5) is 152. The largest absolute Gasteiger partial charge is 0.454 e. The average molecular weight is 1180 g/mol. The summed E-state index contributed by atoms with van der Waals surface area (Å²) >= 11 is 0. The third-order valence-corrected chi connectivity index (χ3v) is 17.6. The highest BCUT2D eigenvalue weighted by molar-refractivity contribution is 6.18. The van der Waals surface area contributed by atoms with Gasteiger partial charge in [-0.25, -0.2) is 0 Å². The van der Waals surface area contributed by atoms with Crippen molar-refractivity contribution in [3.05, 3.63) is 102 Å². The molecular weight excluding hydrogens is 1090 g/mol. The number of nitrogens with zero attached hydrogens (tertiary/aromatic N) is 2. The molecule has 9 N–H and O–H groups in total.